The lowest BCUT2D eigenvalue weighted by molar-refractivity contribution is -0.117. The van der Waals surface area contributed by atoms with E-state index in [0.29, 0.717) is 21.5 Å². The first kappa shape index (κ1) is 25.0. The van der Waals surface area contributed by atoms with Crippen LogP contribution in [0.5, 0.6) is 0 Å². The fourth-order valence-corrected chi connectivity index (χ4v) is 5.82. The molecule has 1 fully saturated rings. The Bertz CT molecular complexity index is 1320. The second-order valence-electron chi connectivity index (χ2n) is 8.66. The highest BCUT2D eigenvalue weighted by Crippen LogP contribution is 2.30. The molecule has 182 valence electrons. The molecule has 0 aliphatic heterocycles. The molecule has 35 heavy (non-hydrogen) atoms. The smallest absolute Gasteiger partial charge is 0.342 e. The number of H-pyrrole nitrogens is 1. The van der Waals surface area contributed by atoms with Gasteiger partial charge in [0.1, 0.15) is 16.4 Å². The molecule has 0 spiro atoms. The molecule has 0 saturated heterocycles. The van der Waals surface area contributed by atoms with Crippen LogP contribution in [0.15, 0.2) is 39.7 Å². The minimum Gasteiger partial charge on any atom is -0.477 e. The number of nitrogens with one attached hydrogen (secondary N) is 1. The van der Waals surface area contributed by atoms with E-state index in [1.807, 2.05) is 30.5 Å². The second-order valence-corrected chi connectivity index (χ2v) is 10.6. The lowest BCUT2D eigenvalue weighted by Crippen LogP contribution is -2.18. The number of carboxylic acid groups (broad SMARTS) is 1. The van der Waals surface area contributed by atoms with Gasteiger partial charge in [0.15, 0.2) is 10.9 Å². The van der Waals surface area contributed by atoms with Crippen LogP contribution in [-0.4, -0.2) is 37.6 Å². The van der Waals surface area contributed by atoms with E-state index in [4.69, 9.17) is 5.11 Å². The summed E-state index contributed by atoms with van der Waals surface area (Å²) in [5, 5.41) is 11.7. The number of aromatic amines is 1. The van der Waals surface area contributed by atoms with E-state index in [0.717, 1.165) is 48.7 Å². The number of thiazole rings is 1. The zero-order valence-corrected chi connectivity index (χ0v) is 20.8. The van der Waals surface area contributed by atoms with Crippen molar-refractivity contribution in [2.45, 2.75) is 56.4 Å². The van der Waals surface area contributed by atoms with Gasteiger partial charge >= 0.3 is 5.97 Å². The van der Waals surface area contributed by atoms with Crippen molar-refractivity contribution in [1.82, 2.24) is 15.0 Å². The number of ketones is 2. The molecule has 0 amide bonds. The molecule has 3 aromatic rings. The van der Waals surface area contributed by atoms with Gasteiger partial charge in [-0.15, -0.1) is 11.3 Å². The number of carboxylic acids is 1. The van der Waals surface area contributed by atoms with E-state index < -0.39 is 17.1 Å². The largest absolute Gasteiger partial charge is 0.477 e. The number of Topliss-reactive ketones (excluding diaryl/α,β-unsaturated/α-hetero) is 2. The highest BCUT2D eigenvalue weighted by Gasteiger charge is 2.26. The predicted molar refractivity (Wildman–Crippen MR) is 133 cm³/mol. The van der Waals surface area contributed by atoms with Crippen LogP contribution in [0.4, 0.5) is 0 Å². The quantitative estimate of drug-likeness (QED) is 0.235. The summed E-state index contributed by atoms with van der Waals surface area (Å²) in [6, 6.07) is 5.74. The van der Waals surface area contributed by atoms with Crippen molar-refractivity contribution in [3.8, 4) is 0 Å². The van der Waals surface area contributed by atoms with Crippen molar-refractivity contribution in [3.05, 3.63) is 73.1 Å². The third-order valence-corrected chi connectivity index (χ3v) is 7.77. The Kier molecular flexibility index (Phi) is 7.92. The Morgan fingerprint density at radius 1 is 1.17 bits per heavy atom. The first-order chi connectivity index (χ1) is 16.8. The SMILES string of the molecule is Cc1ccc(CC(=O)Cc2nc(CSc3ncc(C(=O)O)c(=O)[nH]3)cs2)c(C(=O)C2CCCC2)c1. The second kappa shape index (κ2) is 11.1. The van der Waals surface area contributed by atoms with Gasteiger partial charge < -0.3 is 10.1 Å². The third kappa shape index (κ3) is 6.32. The van der Waals surface area contributed by atoms with Gasteiger partial charge in [-0.3, -0.25) is 14.4 Å². The van der Waals surface area contributed by atoms with Crippen LogP contribution in [0.3, 0.4) is 0 Å². The Hall–Kier alpha value is -3.11. The van der Waals surface area contributed by atoms with Crippen molar-refractivity contribution >= 4 is 40.6 Å². The number of aromatic nitrogens is 3. The normalized spacial score (nSPS) is 13.7. The maximum absolute atomic E-state index is 13.0. The number of carbonyl (C=O) groups excluding carboxylic acids is 2. The summed E-state index contributed by atoms with van der Waals surface area (Å²) in [6.07, 6.45) is 5.43. The fourth-order valence-electron chi connectivity index (χ4n) is 4.17. The summed E-state index contributed by atoms with van der Waals surface area (Å²) < 4.78 is 0. The van der Waals surface area contributed by atoms with Gasteiger partial charge in [-0.25, -0.2) is 14.8 Å². The molecule has 0 unspecified atom stereocenters. The van der Waals surface area contributed by atoms with Crippen LogP contribution < -0.4 is 5.56 Å². The fraction of sp³-hybridized carbons (Fsp3) is 0.360. The molecular formula is C25H25N3O5S2. The molecule has 2 N–H and O–H groups in total. The molecule has 1 aromatic carbocycles. The van der Waals surface area contributed by atoms with Gasteiger partial charge in [0.25, 0.3) is 5.56 Å². The number of hydrogen-bond acceptors (Lipinski definition) is 8. The van der Waals surface area contributed by atoms with Crippen LogP contribution in [0.2, 0.25) is 0 Å². The van der Waals surface area contributed by atoms with Crippen molar-refractivity contribution < 1.29 is 19.5 Å². The van der Waals surface area contributed by atoms with E-state index in [1.54, 1.807) is 0 Å². The van der Waals surface area contributed by atoms with E-state index in [2.05, 4.69) is 15.0 Å². The van der Waals surface area contributed by atoms with E-state index >= 15 is 0 Å². The molecule has 0 radical (unpaired) electrons. The number of hydrogen-bond donors (Lipinski definition) is 2. The average Bonchev–Trinajstić information content (AvgIpc) is 3.50. The monoisotopic (exact) mass is 511 g/mol. The maximum atomic E-state index is 13.0. The van der Waals surface area contributed by atoms with Gasteiger partial charge in [0, 0.05) is 35.2 Å². The molecule has 1 saturated carbocycles. The Labute approximate surface area is 210 Å². The van der Waals surface area contributed by atoms with Crippen molar-refractivity contribution in [1.29, 1.82) is 0 Å². The lowest BCUT2D eigenvalue weighted by Gasteiger charge is -2.13. The Morgan fingerprint density at radius 2 is 1.94 bits per heavy atom. The van der Waals surface area contributed by atoms with Crippen LogP contribution >= 0.6 is 23.1 Å². The number of carbonyl (C=O) groups is 3. The van der Waals surface area contributed by atoms with Gasteiger partial charge in [-0.2, -0.15) is 0 Å². The third-order valence-electron chi connectivity index (χ3n) is 5.96. The van der Waals surface area contributed by atoms with Gasteiger partial charge in [0.05, 0.1) is 12.1 Å². The van der Waals surface area contributed by atoms with Gasteiger partial charge in [0.2, 0.25) is 0 Å². The molecule has 0 atom stereocenters. The van der Waals surface area contributed by atoms with Crippen LogP contribution in [0.1, 0.15) is 68.2 Å². The van der Waals surface area contributed by atoms with Crippen LogP contribution in [0, 0.1) is 12.8 Å². The number of thioether (sulfide) groups is 1. The highest BCUT2D eigenvalue weighted by atomic mass is 32.2. The zero-order chi connectivity index (χ0) is 24.9. The molecule has 8 nitrogen and oxygen atoms in total. The van der Waals surface area contributed by atoms with Crippen LogP contribution in [0.25, 0.3) is 0 Å². The van der Waals surface area contributed by atoms with E-state index in [-0.39, 0.29) is 30.3 Å². The summed E-state index contributed by atoms with van der Waals surface area (Å²) in [4.78, 5) is 59.5. The molecule has 0 bridgehead atoms. The molecule has 2 aromatic heterocycles. The number of rotatable bonds is 10. The Morgan fingerprint density at radius 3 is 2.66 bits per heavy atom. The number of aromatic carboxylic acids is 1. The van der Waals surface area contributed by atoms with Gasteiger partial charge in [-0.1, -0.05) is 42.3 Å². The first-order valence-electron chi connectivity index (χ1n) is 11.3. The van der Waals surface area contributed by atoms with E-state index in [1.165, 1.54) is 23.1 Å². The summed E-state index contributed by atoms with van der Waals surface area (Å²) in [7, 11) is 0. The van der Waals surface area contributed by atoms with Crippen molar-refractivity contribution in [3.63, 3.8) is 0 Å². The molecule has 4 rings (SSSR count). The van der Waals surface area contributed by atoms with Crippen LogP contribution in [-0.2, 0) is 23.4 Å². The van der Waals surface area contributed by atoms with E-state index in [9.17, 15) is 19.2 Å². The average molecular weight is 512 g/mol. The summed E-state index contributed by atoms with van der Waals surface area (Å²) in [5.41, 5.74) is 2.09. The minimum atomic E-state index is -1.33. The number of benzene rings is 1. The Balaban J connectivity index is 1.36. The standard InChI is InChI=1S/C25H25N3O5S2/c1-14-6-7-16(19(8-14)22(30)15-4-2-3-5-15)9-18(29)10-21-27-17(12-34-21)13-35-25-26-11-20(24(32)33)23(31)28-25/h6-8,11-12,15H,2-5,9-10,13H2,1H3,(H,32,33)(H,26,28,31). The zero-order valence-electron chi connectivity index (χ0n) is 19.2. The minimum absolute atomic E-state index is 0.00173. The number of nitrogens with zero attached hydrogens (tertiary/aromatic N) is 2. The first-order valence-corrected chi connectivity index (χ1v) is 13.2. The molecular weight excluding hydrogens is 486 g/mol. The molecule has 2 heterocycles. The topological polar surface area (TPSA) is 130 Å². The van der Waals surface area contributed by atoms with Crippen molar-refractivity contribution in [2.75, 3.05) is 0 Å². The summed E-state index contributed by atoms with van der Waals surface area (Å²) in [5.74, 6) is -0.694. The highest BCUT2D eigenvalue weighted by molar-refractivity contribution is 7.98. The number of aryl methyl sites for hydroxylation is 1. The van der Waals surface area contributed by atoms with Gasteiger partial charge in [-0.05, 0) is 31.4 Å². The summed E-state index contributed by atoms with van der Waals surface area (Å²) >= 11 is 2.61. The summed E-state index contributed by atoms with van der Waals surface area (Å²) in [6.45, 7) is 1.96. The lowest BCUT2D eigenvalue weighted by atomic mass is 9.90. The molecule has 1 aliphatic rings. The maximum Gasteiger partial charge on any atom is 0.342 e. The van der Waals surface area contributed by atoms with Crippen molar-refractivity contribution in [2.24, 2.45) is 5.92 Å². The molecule has 1 aliphatic carbocycles. The predicted octanol–water partition coefficient (Wildman–Crippen LogP) is 4.25. The molecule has 10 heteroatoms.